The number of ether oxygens (including phenoxy) is 1. The van der Waals surface area contributed by atoms with Crippen LogP contribution in [-0.4, -0.2) is 31.3 Å². The lowest BCUT2D eigenvalue weighted by Crippen LogP contribution is -2.38. The van der Waals surface area contributed by atoms with Crippen molar-refractivity contribution < 1.29 is 18.6 Å². The van der Waals surface area contributed by atoms with E-state index in [0.29, 0.717) is 6.54 Å². The van der Waals surface area contributed by atoms with Gasteiger partial charge in [0.15, 0.2) is 0 Å². The van der Waals surface area contributed by atoms with Crippen LogP contribution in [0.4, 0.5) is 8.78 Å². The van der Waals surface area contributed by atoms with Crippen LogP contribution in [0, 0.1) is 0 Å². The SMILES string of the molecule is COc1ccc(CN[C@@H](CO)C(F)F)cc1. The smallest absolute Gasteiger partial charge is 0.255 e. The standard InChI is InChI=1S/C11H15F2NO2/c1-16-9-4-2-8(3-5-9)6-14-10(7-15)11(12)13/h2-5,10-11,14-15H,6-7H2,1H3/t10-/m0/s1. The van der Waals surface area contributed by atoms with Gasteiger partial charge >= 0.3 is 0 Å². The molecule has 0 fully saturated rings. The summed E-state index contributed by atoms with van der Waals surface area (Å²) in [5.74, 6) is 0.719. The van der Waals surface area contributed by atoms with Gasteiger partial charge in [0.2, 0.25) is 0 Å². The molecular weight excluding hydrogens is 216 g/mol. The van der Waals surface area contributed by atoms with Crippen LogP contribution in [0.2, 0.25) is 0 Å². The van der Waals surface area contributed by atoms with E-state index in [1.807, 2.05) is 0 Å². The summed E-state index contributed by atoms with van der Waals surface area (Å²) in [6.45, 7) is -0.284. The predicted molar refractivity (Wildman–Crippen MR) is 56.7 cm³/mol. The third kappa shape index (κ3) is 3.75. The van der Waals surface area contributed by atoms with Crippen molar-refractivity contribution in [2.45, 2.75) is 19.0 Å². The van der Waals surface area contributed by atoms with Gasteiger partial charge in [0.25, 0.3) is 6.43 Å². The highest BCUT2D eigenvalue weighted by Gasteiger charge is 2.17. The van der Waals surface area contributed by atoms with Crippen LogP contribution in [0.15, 0.2) is 24.3 Å². The Morgan fingerprint density at radius 3 is 2.38 bits per heavy atom. The average molecular weight is 231 g/mol. The Morgan fingerprint density at radius 2 is 1.94 bits per heavy atom. The first-order valence-electron chi connectivity index (χ1n) is 4.92. The van der Waals surface area contributed by atoms with Crippen LogP contribution in [0.1, 0.15) is 5.56 Å². The molecule has 0 heterocycles. The summed E-state index contributed by atoms with van der Waals surface area (Å²) in [4.78, 5) is 0. The first-order valence-corrected chi connectivity index (χ1v) is 4.92. The molecule has 0 bridgehead atoms. The van der Waals surface area contributed by atoms with E-state index in [-0.39, 0.29) is 0 Å². The van der Waals surface area contributed by atoms with Crippen molar-refractivity contribution in [3.8, 4) is 5.75 Å². The van der Waals surface area contributed by atoms with Crippen LogP contribution in [-0.2, 0) is 6.54 Å². The Balaban J connectivity index is 2.47. The normalized spacial score (nSPS) is 12.8. The molecule has 0 aliphatic heterocycles. The highest BCUT2D eigenvalue weighted by Crippen LogP contribution is 2.11. The van der Waals surface area contributed by atoms with Crippen molar-refractivity contribution in [3.63, 3.8) is 0 Å². The molecule has 16 heavy (non-hydrogen) atoms. The van der Waals surface area contributed by atoms with Crippen LogP contribution in [0.5, 0.6) is 5.75 Å². The fourth-order valence-electron chi connectivity index (χ4n) is 1.23. The first kappa shape index (κ1) is 12.9. The number of hydrogen-bond acceptors (Lipinski definition) is 3. The Morgan fingerprint density at radius 1 is 1.31 bits per heavy atom. The molecule has 1 atom stereocenters. The number of alkyl halides is 2. The molecule has 1 aromatic rings. The van der Waals surface area contributed by atoms with Crippen molar-refractivity contribution in [1.29, 1.82) is 0 Å². The molecule has 0 spiro atoms. The van der Waals surface area contributed by atoms with Crippen LogP contribution < -0.4 is 10.1 Å². The number of rotatable bonds is 6. The number of methoxy groups -OCH3 is 1. The zero-order valence-corrected chi connectivity index (χ0v) is 8.99. The molecular formula is C11H15F2NO2. The monoisotopic (exact) mass is 231 g/mol. The number of aliphatic hydroxyl groups excluding tert-OH is 1. The maximum absolute atomic E-state index is 12.3. The average Bonchev–Trinajstić information content (AvgIpc) is 2.30. The van der Waals surface area contributed by atoms with E-state index in [1.54, 1.807) is 31.4 Å². The minimum absolute atomic E-state index is 0.291. The van der Waals surface area contributed by atoms with Gasteiger partial charge in [-0.15, -0.1) is 0 Å². The maximum Gasteiger partial charge on any atom is 0.255 e. The quantitative estimate of drug-likeness (QED) is 0.777. The summed E-state index contributed by atoms with van der Waals surface area (Å²) < 4.78 is 29.5. The first-order chi connectivity index (χ1) is 7.67. The van der Waals surface area contributed by atoms with E-state index in [1.165, 1.54) is 0 Å². The largest absolute Gasteiger partial charge is 0.497 e. The molecule has 0 unspecified atom stereocenters. The van der Waals surface area contributed by atoms with Crippen LogP contribution in [0.3, 0.4) is 0 Å². The van der Waals surface area contributed by atoms with Crippen molar-refractivity contribution in [2.75, 3.05) is 13.7 Å². The van der Waals surface area contributed by atoms with E-state index in [0.717, 1.165) is 11.3 Å². The molecule has 1 rings (SSSR count). The van der Waals surface area contributed by atoms with Gasteiger partial charge in [-0.1, -0.05) is 12.1 Å². The second-order valence-electron chi connectivity index (χ2n) is 3.35. The zero-order chi connectivity index (χ0) is 12.0. The minimum atomic E-state index is -2.57. The Labute approximate surface area is 93.0 Å². The van der Waals surface area contributed by atoms with Gasteiger partial charge in [0.05, 0.1) is 19.8 Å². The van der Waals surface area contributed by atoms with E-state index in [4.69, 9.17) is 9.84 Å². The lowest BCUT2D eigenvalue weighted by molar-refractivity contribution is 0.0646. The molecule has 5 heteroatoms. The van der Waals surface area contributed by atoms with Gasteiger partial charge in [-0.05, 0) is 17.7 Å². The molecule has 0 saturated carbocycles. The van der Waals surface area contributed by atoms with Crippen molar-refractivity contribution >= 4 is 0 Å². The summed E-state index contributed by atoms with van der Waals surface area (Å²) in [6.07, 6.45) is -2.57. The fourth-order valence-corrected chi connectivity index (χ4v) is 1.23. The Hall–Kier alpha value is -1.20. The number of hydrogen-bond donors (Lipinski definition) is 2. The van der Waals surface area contributed by atoms with E-state index in [9.17, 15) is 8.78 Å². The fraction of sp³-hybridized carbons (Fsp3) is 0.455. The van der Waals surface area contributed by atoms with Gasteiger partial charge in [-0.3, -0.25) is 0 Å². The molecule has 0 saturated heterocycles. The van der Waals surface area contributed by atoms with E-state index >= 15 is 0 Å². The number of nitrogens with one attached hydrogen (secondary N) is 1. The second kappa shape index (κ2) is 6.40. The van der Waals surface area contributed by atoms with Gasteiger partial charge in [-0.25, -0.2) is 8.78 Å². The van der Waals surface area contributed by atoms with E-state index < -0.39 is 19.1 Å². The molecule has 1 aromatic carbocycles. The van der Waals surface area contributed by atoms with Gasteiger partial charge in [0, 0.05) is 6.54 Å². The second-order valence-corrected chi connectivity index (χ2v) is 3.35. The summed E-state index contributed by atoms with van der Waals surface area (Å²) in [5, 5.41) is 11.3. The van der Waals surface area contributed by atoms with Crippen molar-refractivity contribution in [3.05, 3.63) is 29.8 Å². The molecule has 0 amide bonds. The third-order valence-corrected chi connectivity index (χ3v) is 2.23. The molecule has 90 valence electrons. The van der Waals surface area contributed by atoms with Crippen LogP contribution >= 0.6 is 0 Å². The maximum atomic E-state index is 12.3. The van der Waals surface area contributed by atoms with Gasteiger partial charge in [0.1, 0.15) is 5.75 Å². The van der Waals surface area contributed by atoms with Crippen molar-refractivity contribution in [1.82, 2.24) is 5.32 Å². The third-order valence-electron chi connectivity index (χ3n) is 2.23. The Bertz CT molecular complexity index is 303. The Kier molecular flexibility index (Phi) is 5.14. The molecule has 0 aromatic heterocycles. The highest BCUT2D eigenvalue weighted by molar-refractivity contribution is 5.27. The predicted octanol–water partition coefficient (Wildman–Crippen LogP) is 1.41. The molecule has 2 N–H and O–H groups in total. The summed E-state index contributed by atoms with van der Waals surface area (Å²) >= 11 is 0. The minimum Gasteiger partial charge on any atom is -0.497 e. The topological polar surface area (TPSA) is 41.5 Å². The lowest BCUT2D eigenvalue weighted by Gasteiger charge is -2.15. The molecule has 3 nitrogen and oxygen atoms in total. The van der Waals surface area contributed by atoms with Crippen LogP contribution in [0.25, 0.3) is 0 Å². The highest BCUT2D eigenvalue weighted by atomic mass is 19.3. The lowest BCUT2D eigenvalue weighted by atomic mass is 10.2. The molecule has 0 aliphatic rings. The number of aliphatic hydroxyl groups is 1. The zero-order valence-electron chi connectivity index (χ0n) is 8.99. The summed E-state index contributed by atoms with van der Waals surface area (Å²) in [5.41, 5.74) is 0.861. The van der Waals surface area contributed by atoms with Gasteiger partial charge in [-0.2, -0.15) is 0 Å². The molecule has 0 radical (unpaired) electrons. The van der Waals surface area contributed by atoms with Crippen molar-refractivity contribution in [2.24, 2.45) is 0 Å². The number of halogens is 2. The molecule has 0 aliphatic carbocycles. The summed E-state index contributed by atoms with van der Waals surface area (Å²) in [7, 11) is 1.56. The summed E-state index contributed by atoms with van der Waals surface area (Å²) in [6, 6.07) is 5.90. The van der Waals surface area contributed by atoms with Gasteiger partial charge < -0.3 is 15.2 Å². The number of benzene rings is 1. The van der Waals surface area contributed by atoms with E-state index in [2.05, 4.69) is 5.32 Å².